The van der Waals surface area contributed by atoms with Gasteiger partial charge < -0.3 is 5.32 Å². The number of amides is 3. The van der Waals surface area contributed by atoms with Gasteiger partial charge in [0.1, 0.15) is 0 Å². The minimum atomic E-state index is -0.118. The van der Waals surface area contributed by atoms with Crippen LogP contribution in [0.1, 0.15) is 29.5 Å². The number of imide groups is 1. The predicted octanol–water partition coefficient (Wildman–Crippen LogP) is 3.98. The zero-order chi connectivity index (χ0) is 22.1. The molecular formula is C22H22IN3O4. The first-order valence-electron chi connectivity index (χ1n) is 9.27. The molecule has 1 heterocycles. The van der Waals surface area contributed by atoms with Gasteiger partial charge in [-0.25, -0.2) is 4.79 Å². The van der Waals surface area contributed by atoms with Gasteiger partial charge in [-0.2, -0.15) is 4.99 Å². The van der Waals surface area contributed by atoms with Crippen molar-refractivity contribution in [1.29, 1.82) is 0 Å². The van der Waals surface area contributed by atoms with Gasteiger partial charge in [-0.15, -0.1) is 0 Å². The lowest BCUT2D eigenvalue weighted by atomic mass is 10.1. The molecule has 8 heteroatoms. The third-order valence-electron chi connectivity index (χ3n) is 4.52. The van der Waals surface area contributed by atoms with E-state index in [1.54, 1.807) is 18.2 Å². The Bertz CT molecular complexity index is 966. The van der Waals surface area contributed by atoms with Crippen LogP contribution in [-0.4, -0.2) is 33.1 Å². The summed E-state index contributed by atoms with van der Waals surface area (Å²) in [5.41, 5.74) is 4.60. The van der Waals surface area contributed by atoms with E-state index in [-0.39, 0.29) is 17.7 Å². The van der Waals surface area contributed by atoms with Crippen molar-refractivity contribution in [3.8, 4) is 0 Å². The normalized spacial score (nSPS) is 12.7. The first-order chi connectivity index (χ1) is 14.3. The van der Waals surface area contributed by atoms with Gasteiger partial charge >= 0.3 is 0 Å². The number of aliphatic imine (C=N–C) groups is 1. The van der Waals surface area contributed by atoms with Crippen molar-refractivity contribution in [1.82, 2.24) is 4.90 Å². The van der Waals surface area contributed by atoms with Gasteiger partial charge in [-0.05, 0) is 54.8 Å². The van der Waals surface area contributed by atoms with E-state index in [4.69, 9.17) is 0 Å². The predicted molar refractivity (Wildman–Crippen MR) is 122 cm³/mol. The van der Waals surface area contributed by atoms with E-state index < -0.39 is 0 Å². The molecule has 0 aliphatic carbocycles. The number of hydrogen-bond acceptors (Lipinski definition) is 5. The SMILES string of the molecule is Cc1ccc(N=C=O)cc1C.O=C(CI)Nc1ccc(CN2C(=O)CCC2=O)cc1. The van der Waals surface area contributed by atoms with E-state index >= 15 is 0 Å². The molecule has 0 atom stereocenters. The van der Waals surface area contributed by atoms with Crippen LogP contribution in [0.5, 0.6) is 0 Å². The molecule has 156 valence electrons. The summed E-state index contributed by atoms with van der Waals surface area (Å²) in [6, 6.07) is 12.7. The Kier molecular flexibility index (Phi) is 8.89. The third kappa shape index (κ3) is 6.89. The number of likely N-dealkylation sites (tertiary alicyclic amines) is 1. The van der Waals surface area contributed by atoms with E-state index in [0.717, 1.165) is 11.1 Å². The highest BCUT2D eigenvalue weighted by Crippen LogP contribution is 2.18. The van der Waals surface area contributed by atoms with Crippen LogP contribution in [0.25, 0.3) is 0 Å². The molecule has 1 fully saturated rings. The maximum absolute atomic E-state index is 11.5. The van der Waals surface area contributed by atoms with E-state index in [9.17, 15) is 19.2 Å². The molecule has 0 spiro atoms. The van der Waals surface area contributed by atoms with Gasteiger partial charge in [0.05, 0.1) is 16.7 Å². The van der Waals surface area contributed by atoms with Gasteiger partial charge in [-0.1, -0.05) is 40.8 Å². The van der Waals surface area contributed by atoms with E-state index in [0.29, 0.717) is 35.2 Å². The Morgan fingerprint density at radius 3 is 2.23 bits per heavy atom. The van der Waals surface area contributed by atoms with Crippen molar-refractivity contribution in [3.05, 3.63) is 59.2 Å². The van der Waals surface area contributed by atoms with Crippen LogP contribution in [0.3, 0.4) is 0 Å². The highest BCUT2D eigenvalue weighted by Gasteiger charge is 2.28. The maximum atomic E-state index is 11.5. The number of halogens is 1. The van der Waals surface area contributed by atoms with E-state index in [2.05, 4.69) is 10.3 Å². The molecule has 2 aromatic rings. The quantitative estimate of drug-likeness (QED) is 0.213. The van der Waals surface area contributed by atoms with Gasteiger partial charge in [-0.3, -0.25) is 19.3 Å². The molecule has 0 saturated carbocycles. The third-order valence-corrected chi connectivity index (χ3v) is 5.21. The Balaban J connectivity index is 0.000000248. The molecule has 3 amide bonds. The van der Waals surface area contributed by atoms with Crippen molar-refractivity contribution < 1.29 is 19.2 Å². The molecule has 30 heavy (non-hydrogen) atoms. The average molecular weight is 519 g/mol. The van der Waals surface area contributed by atoms with Crippen LogP contribution in [0, 0.1) is 13.8 Å². The van der Waals surface area contributed by atoms with Gasteiger partial charge in [0.15, 0.2) is 0 Å². The summed E-state index contributed by atoms with van der Waals surface area (Å²) in [6.45, 7) is 4.31. The van der Waals surface area contributed by atoms with Crippen LogP contribution in [0.2, 0.25) is 0 Å². The van der Waals surface area contributed by atoms with E-state index in [1.807, 2.05) is 60.7 Å². The minimum absolute atomic E-state index is 0.0572. The first kappa shape index (κ1) is 23.4. The van der Waals surface area contributed by atoms with Crippen LogP contribution < -0.4 is 5.32 Å². The van der Waals surface area contributed by atoms with Crippen LogP contribution in [0.15, 0.2) is 47.5 Å². The van der Waals surface area contributed by atoms with Crippen molar-refractivity contribution in [2.24, 2.45) is 4.99 Å². The number of anilines is 1. The zero-order valence-corrected chi connectivity index (χ0v) is 18.9. The van der Waals surface area contributed by atoms with Gasteiger partial charge in [0, 0.05) is 18.5 Å². The molecule has 1 saturated heterocycles. The summed E-state index contributed by atoms with van der Waals surface area (Å²) in [5, 5.41) is 2.74. The Labute approximate surface area is 188 Å². The van der Waals surface area contributed by atoms with Crippen molar-refractivity contribution in [3.63, 3.8) is 0 Å². The smallest absolute Gasteiger partial charge is 0.240 e. The monoisotopic (exact) mass is 519 g/mol. The van der Waals surface area contributed by atoms with Gasteiger partial charge in [0.2, 0.25) is 23.8 Å². The number of isocyanates is 1. The lowest BCUT2D eigenvalue weighted by molar-refractivity contribution is -0.139. The number of aryl methyl sites for hydroxylation is 2. The molecule has 3 rings (SSSR count). The fraction of sp³-hybridized carbons (Fsp3) is 0.273. The lowest BCUT2D eigenvalue weighted by Crippen LogP contribution is -2.28. The topological polar surface area (TPSA) is 95.9 Å². The largest absolute Gasteiger partial charge is 0.325 e. The second kappa shape index (κ2) is 11.4. The number of nitrogens with zero attached hydrogens (tertiary/aromatic N) is 2. The maximum Gasteiger partial charge on any atom is 0.240 e. The summed E-state index contributed by atoms with van der Waals surface area (Å²) in [7, 11) is 0. The molecule has 1 aliphatic rings. The number of nitrogens with one attached hydrogen (secondary N) is 1. The number of hydrogen-bond donors (Lipinski definition) is 1. The standard InChI is InChI=1S/C13H13IN2O3.C9H9NO/c14-7-11(17)15-10-3-1-9(2-4-10)8-16-12(18)5-6-13(16)19;1-7-3-4-9(10-6-11)5-8(7)2/h1-4H,5-8H2,(H,15,17);3-5H,1-2H3. The van der Waals surface area contributed by atoms with Gasteiger partial charge in [0.25, 0.3) is 0 Å². The molecular weight excluding hydrogens is 497 g/mol. The number of rotatable bonds is 5. The molecule has 7 nitrogen and oxygen atoms in total. The summed E-state index contributed by atoms with van der Waals surface area (Å²) >= 11 is 1.99. The Morgan fingerprint density at radius 1 is 1.07 bits per heavy atom. The number of carbonyl (C=O) groups is 3. The fourth-order valence-electron chi connectivity index (χ4n) is 2.72. The zero-order valence-electron chi connectivity index (χ0n) is 16.8. The van der Waals surface area contributed by atoms with Crippen molar-refractivity contribution >= 4 is 57.8 Å². The minimum Gasteiger partial charge on any atom is -0.325 e. The second-order valence-corrected chi connectivity index (χ2v) is 7.49. The summed E-state index contributed by atoms with van der Waals surface area (Å²) in [5.74, 6) is -0.294. The highest BCUT2D eigenvalue weighted by atomic mass is 127. The molecule has 0 radical (unpaired) electrons. The number of alkyl halides is 1. The fourth-order valence-corrected chi connectivity index (χ4v) is 2.91. The Hall–Kier alpha value is -2.84. The van der Waals surface area contributed by atoms with E-state index in [1.165, 1.54) is 16.5 Å². The van der Waals surface area contributed by atoms with Crippen LogP contribution in [-0.2, 0) is 25.7 Å². The molecule has 1 aliphatic heterocycles. The van der Waals surface area contributed by atoms with Crippen molar-refractivity contribution in [2.75, 3.05) is 9.74 Å². The average Bonchev–Trinajstić information content (AvgIpc) is 3.05. The summed E-state index contributed by atoms with van der Waals surface area (Å²) < 4.78 is 0.399. The highest BCUT2D eigenvalue weighted by molar-refractivity contribution is 14.1. The number of carbonyl (C=O) groups excluding carboxylic acids is 4. The second-order valence-electron chi connectivity index (χ2n) is 6.72. The van der Waals surface area contributed by atoms with Crippen LogP contribution >= 0.6 is 22.6 Å². The first-order valence-corrected chi connectivity index (χ1v) is 10.8. The molecule has 1 N–H and O–H groups in total. The molecule has 2 aromatic carbocycles. The summed E-state index contributed by atoms with van der Waals surface area (Å²) in [6.07, 6.45) is 2.12. The lowest BCUT2D eigenvalue weighted by Gasteiger charge is -2.14. The molecule has 0 unspecified atom stereocenters. The van der Waals surface area contributed by atoms with Crippen molar-refractivity contribution in [2.45, 2.75) is 33.2 Å². The summed E-state index contributed by atoms with van der Waals surface area (Å²) in [4.78, 5) is 48.8. The van der Waals surface area contributed by atoms with Crippen LogP contribution in [0.4, 0.5) is 11.4 Å². The Morgan fingerprint density at radius 2 is 1.70 bits per heavy atom. The molecule has 0 bridgehead atoms. The molecule has 0 aromatic heterocycles. The number of benzene rings is 2.